The molecule has 1 unspecified atom stereocenters. The van der Waals surface area contributed by atoms with E-state index in [1.54, 1.807) is 11.3 Å². The van der Waals surface area contributed by atoms with Crippen molar-refractivity contribution in [3.8, 4) is 0 Å². The monoisotopic (exact) mass is 299 g/mol. The van der Waals surface area contributed by atoms with Crippen LogP contribution in [0.5, 0.6) is 0 Å². The fraction of sp³-hybridized carbons (Fsp3) is 0.471. The summed E-state index contributed by atoms with van der Waals surface area (Å²) in [6.07, 6.45) is 3.83. The molecule has 21 heavy (non-hydrogen) atoms. The van der Waals surface area contributed by atoms with Crippen LogP contribution in [0.2, 0.25) is 0 Å². The molecule has 110 valence electrons. The summed E-state index contributed by atoms with van der Waals surface area (Å²) < 4.78 is 0. The number of para-hydroxylation sites is 1. The van der Waals surface area contributed by atoms with Gasteiger partial charge in [0.05, 0.1) is 5.69 Å². The van der Waals surface area contributed by atoms with E-state index in [-0.39, 0.29) is 0 Å². The van der Waals surface area contributed by atoms with Crippen LogP contribution >= 0.6 is 11.3 Å². The number of rotatable bonds is 4. The predicted molar refractivity (Wildman–Crippen MR) is 88.3 cm³/mol. The van der Waals surface area contributed by atoms with E-state index in [9.17, 15) is 0 Å². The Hall–Kier alpha value is -1.39. The largest absolute Gasteiger partial charge is 0.317 e. The minimum Gasteiger partial charge on any atom is -0.317 e. The lowest BCUT2D eigenvalue weighted by Gasteiger charge is -2.32. The third-order valence-corrected chi connectivity index (χ3v) is 5.18. The van der Waals surface area contributed by atoms with Gasteiger partial charge in [-0.05, 0) is 36.8 Å². The van der Waals surface area contributed by atoms with Crippen LogP contribution in [-0.4, -0.2) is 17.6 Å². The quantitative estimate of drug-likeness (QED) is 0.932. The fourth-order valence-electron chi connectivity index (χ4n) is 3.02. The highest BCUT2D eigenvalue weighted by atomic mass is 32.1. The van der Waals surface area contributed by atoms with Crippen LogP contribution in [0.1, 0.15) is 31.0 Å². The smallest absolute Gasteiger partial charge is 0.190 e. The minimum atomic E-state index is 0.678. The molecule has 0 saturated heterocycles. The van der Waals surface area contributed by atoms with Gasteiger partial charge in [0.2, 0.25) is 0 Å². The number of hydrogen-bond donors (Lipinski definition) is 1. The Bertz CT molecular complexity index is 632. The van der Waals surface area contributed by atoms with Gasteiger partial charge in [0.25, 0.3) is 0 Å². The lowest BCUT2D eigenvalue weighted by Crippen LogP contribution is -2.30. The van der Waals surface area contributed by atoms with Crippen molar-refractivity contribution < 1.29 is 0 Å². The van der Waals surface area contributed by atoms with E-state index in [1.165, 1.54) is 36.2 Å². The number of hydrogen-bond acceptors (Lipinski definition) is 4. The second kappa shape index (κ2) is 5.43. The fourth-order valence-corrected chi connectivity index (χ4v) is 3.86. The number of nitrogens with one attached hydrogen (secondary N) is 1. The molecule has 1 aromatic heterocycles. The number of nitrogens with zero attached hydrogens (tertiary/aromatic N) is 2. The second-order valence-corrected chi connectivity index (χ2v) is 7.16. The zero-order valence-electron chi connectivity index (χ0n) is 12.4. The third kappa shape index (κ3) is 2.83. The molecular formula is C17H21N3S. The van der Waals surface area contributed by atoms with Crippen molar-refractivity contribution in [2.24, 2.45) is 5.92 Å². The minimum absolute atomic E-state index is 0.678. The average molecular weight is 299 g/mol. The van der Waals surface area contributed by atoms with E-state index in [2.05, 4.69) is 46.8 Å². The third-order valence-electron chi connectivity index (χ3n) is 4.26. The van der Waals surface area contributed by atoms with E-state index in [1.807, 2.05) is 0 Å². The van der Waals surface area contributed by atoms with E-state index < -0.39 is 0 Å². The van der Waals surface area contributed by atoms with Gasteiger partial charge in [0.15, 0.2) is 5.13 Å². The van der Waals surface area contributed by atoms with Crippen LogP contribution in [0.25, 0.3) is 0 Å². The van der Waals surface area contributed by atoms with Gasteiger partial charge in [-0.15, -0.1) is 11.3 Å². The van der Waals surface area contributed by atoms with Crippen molar-refractivity contribution >= 4 is 22.2 Å². The van der Waals surface area contributed by atoms with Gasteiger partial charge >= 0.3 is 0 Å². The van der Waals surface area contributed by atoms with E-state index in [0.29, 0.717) is 5.92 Å². The first kappa shape index (κ1) is 13.3. The zero-order valence-corrected chi connectivity index (χ0v) is 13.2. The van der Waals surface area contributed by atoms with Gasteiger partial charge in [-0.3, -0.25) is 0 Å². The normalized spacial score (nSPS) is 21.4. The van der Waals surface area contributed by atoms with Crippen molar-refractivity contribution in [2.75, 3.05) is 11.4 Å². The van der Waals surface area contributed by atoms with Gasteiger partial charge < -0.3 is 10.2 Å². The van der Waals surface area contributed by atoms with Gasteiger partial charge in [0.1, 0.15) is 0 Å². The molecular weight excluding hydrogens is 278 g/mol. The maximum atomic E-state index is 4.85. The van der Waals surface area contributed by atoms with Crippen molar-refractivity contribution in [1.29, 1.82) is 0 Å². The van der Waals surface area contributed by atoms with Crippen LogP contribution in [0, 0.1) is 5.92 Å². The molecule has 1 atom stereocenters. The molecule has 0 spiro atoms. The maximum absolute atomic E-state index is 4.85. The summed E-state index contributed by atoms with van der Waals surface area (Å²) in [5, 5.41) is 6.88. The standard InChI is InChI=1S/C17H21N3S/c1-12-8-13-4-2-3-5-16(13)20(10-12)17-19-15(11-21-17)9-18-14-6-7-14/h2-5,11-12,14,18H,6-10H2,1H3. The summed E-state index contributed by atoms with van der Waals surface area (Å²) in [6.45, 7) is 4.30. The van der Waals surface area contributed by atoms with E-state index >= 15 is 0 Å². The SMILES string of the molecule is CC1Cc2ccccc2N(c2nc(CNC3CC3)cs2)C1. The highest BCUT2D eigenvalue weighted by molar-refractivity contribution is 7.13. The van der Waals surface area contributed by atoms with Crippen molar-refractivity contribution in [1.82, 2.24) is 10.3 Å². The number of anilines is 2. The van der Waals surface area contributed by atoms with E-state index in [0.717, 1.165) is 24.3 Å². The summed E-state index contributed by atoms with van der Waals surface area (Å²) in [4.78, 5) is 7.25. The molecule has 2 aromatic rings. The highest BCUT2D eigenvalue weighted by Crippen LogP contribution is 2.36. The molecule has 1 saturated carbocycles. The van der Waals surface area contributed by atoms with Crippen LogP contribution in [0.4, 0.5) is 10.8 Å². The molecule has 4 rings (SSSR count). The lowest BCUT2D eigenvalue weighted by molar-refractivity contribution is 0.561. The van der Waals surface area contributed by atoms with Crippen LogP contribution in [0.3, 0.4) is 0 Å². The average Bonchev–Trinajstić information content (AvgIpc) is 3.21. The second-order valence-electron chi connectivity index (χ2n) is 6.33. The molecule has 0 radical (unpaired) electrons. The number of thiazole rings is 1. The van der Waals surface area contributed by atoms with Gasteiger partial charge in [-0.2, -0.15) is 0 Å². The molecule has 3 nitrogen and oxygen atoms in total. The Morgan fingerprint density at radius 3 is 3.05 bits per heavy atom. The predicted octanol–water partition coefficient (Wildman–Crippen LogP) is 3.73. The Labute approximate surface area is 130 Å². The first-order valence-electron chi connectivity index (χ1n) is 7.83. The first-order valence-corrected chi connectivity index (χ1v) is 8.71. The molecule has 1 N–H and O–H groups in total. The molecule has 1 aliphatic heterocycles. The van der Waals surface area contributed by atoms with Crippen LogP contribution in [-0.2, 0) is 13.0 Å². The van der Waals surface area contributed by atoms with Crippen molar-refractivity contribution in [2.45, 2.75) is 38.8 Å². The summed E-state index contributed by atoms with van der Waals surface area (Å²) in [6, 6.07) is 9.49. The highest BCUT2D eigenvalue weighted by Gasteiger charge is 2.25. The van der Waals surface area contributed by atoms with Crippen LogP contribution in [0.15, 0.2) is 29.6 Å². The number of fused-ring (bicyclic) bond motifs is 1. The maximum Gasteiger partial charge on any atom is 0.190 e. The summed E-state index contributed by atoms with van der Waals surface area (Å²) in [7, 11) is 0. The Morgan fingerprint density at radius 1 is 1.33 bits per heavy atom. The van der Waals surface area contributed by atoms with E-state index in [4.69, 9.17) is 4.98 Å². The molecule has 2 aliphatic rings. The molecule has 0 amide bonds. The molecule has 1 aromatic carbocycles. The van der Waals surface area contributed by atoms with Crippen LogP contribution < -0.4 is 10.2 Å². The molecule has 1 aliphatic carbocycles. The lowest BCUT2D eigenvalue weighted by atomic mass is 9.94. The summed E-state index contributed by atoms with van der Waals surface area (Å²) in [5.41, 5.74) is 3.97. The molecule has 4 heteroatoms. The Kier molecular flexibility index (Phi) is 3.43. The number of aromatic nitrogens is 1. The summed E-state index contributed by atoms with van der Waals surface area (Å²) >= 11 is 1.77. The molecule has 2 heterocycles. The topological polar surface area (TPSA) is 28.2 Å². The van der Waals surface area contributed by atoms with Gasteiger partial charge in [-0.25, -0.2) is 4.98 Å². The summed E-state index contributed by atoms with van der Waals surface area (Å²) in [5.74, 6) is 0.678. The Balaban J connectivity index is 1.57. The van der Waals surface area contributed by atoms with Crippen molar-refractivity contribution in [3.05, 3.63) is 40.9 Å². The molecule has 0 bridgehead atoms. The van der Waals surface area contributed by atoms with Crippen molar-refractivity contribution in [3.63, 3.8) is 0 Å². The molecule has 1 fully saturated rings. The first-order chi connectivity index (χ1) is 10.3. The van der Waals surface area contributed by atoms with Gasteiger partial charge in [-0.1, -0.05) is 25.1 Å². The number of benzene rings is 1. The van der Waals surface area contributed by atoms with Gasteiger partial charge in [0, 0.05) is 30.2 Å². The Morgan fingerprint density at radius 2 is 2.19 bits per heavy atom. The zero-order chi connectivity index (χ0) is 14.2.